The summed E-state index contributed by atoms with van der Waals surface area (Å²) in [6.45, 7) is 5.00. The Morgan fingerprint density at radius 2 is 1.84 bits per heavy atom. The summed E-state index contributed by atoms with van der Waals surface area (Å²) >= 11 is 3.53. The van der Waals surface area contributed by atoms with Crippen molar-refractivity contribution in [2.75, 3.05) is 11.9 Å². The molecule has 1 aromatic carbocycles. The van der Waals surface area contributed by atoms with Crippen LogP contribution in [0.2, 0.25) is 0 Å². The Balaban J connectivity index is 2.06. The first kappa shape index (κ1) is 14.2. The number of hydrogen-bond donors (Lipinski definition) is 0. The third-order valence-electron chi connectivity index (χ3n) is 3.14. The van der Waals surface area contributed by atoms with Gasteiger partial charge in [0.1, 0.15) is 0 Å². The van der Waals surface area contributed by atoms with Gasteiger partial charge in [0.25, 0.3) is 0 Å². The van der Waals surface area contributed by atoms with Crippen LogP contribution in [0, 0.1) is 6.92 Å². The van der Waals surface area contributed by atoms with E-state index in [4.69, 9.17) is 0 Å². The molecular weight excluding hydrogens is 300 g/mol. The topological polar surface area (TPSA) is 16.1 Å². The van der Waals surface area contributed by atoms with E-state index < -0.39 is 0 Å². The van der Waals surface area contributed by atoms with Crippen molar-refractivity contribution in [1.82, 2.24) is 9.88 Å². The molecule has 1 heterocycles. The molecule has 0 radical (unpaired) electrons. The minimum Gasteiger partial charge on any atom is -0.292 e. The van der Waals surface area contributed by atoms with E-state index in [9.17, 15) is 0 Å². The summed E-state index contributed by atoms with van der Waals surface area (Å²) in [5.41, 5.74) is 3.77. The Bertz CT molecular complexity index is 499. The van der Waals surface area contributed by atoms with Crippen LogP contribution in [0.4, 0.5) is 0 Å². The molecule has 0 saturated carbocycles. The molecule has 3 heteroatoms. The Morgan fingerprint density at radius 3 is 2.53 bits per heavy atom. The van der Waals surface area contributed by atoms with Crippen molar-refractivity contribution < 1.29 is 0 Å². The van der Waals surface area contributed by atoms with Gasteiger partial charge >= 0.3 is 0 Å². The maximum Gasteiger partial charge on any atom is 0.0573 e. The van der Waals surface area contributed by atoms with Crippen LogP contribution in [0.15, 0.2) is 48.7 Å². The number of aromatic nitrogens is 1. The molecule has 2 rings (SSSR count). The van der Waals surface area contributed by atoms with Crippen LogP contribution in [-0.4, -0.2) is 21.8 Å². The lowest BCUT2D eigenvalue weighted by molar-refractivity contribution is 0.270. The molecule has 19 heavy (non-hydrogen) atoms. The van der Waals surface area contributed by atoms with Crippen molar-refractivity contribution >= 4 is 15.9 Å². The predicted octanol–water partition coefficient (Wildman–Crippen LogP) is 3.79. The fourth-order valence-electron chi connectivity index (χ4n) is 2.07. The van der Waals surface area contributed by atoms with Gasteiger partial charge in [0.05, 0.1) is 5.69 Å². The minimum absolute atomic E-state index is 0.896. The van der Waals surface area contributed by atoms with Gasteiger partial charge in [-0.1, -0.05) is 52.3 Å². The molecule has 0 bridgehead atoms. The van der Waals surface area contributed by atoms with Crippen LogP contribution in [0.5, 0.6) is 0 Å². The van der Waals surface area contributed by atoms with Gasteiger partial charge in [-0.15, -0.1) is 0 Å². The molecule has 0 aliphatic carbocycles. The van der Waals surface area contributed by atoms with Crippen LogP contribution >= 0.6 is 15.9 Å². The van der Waals surface area contributed by atoms with E-state index in [1.807, 2.05) is 12.3 Å². The van der Waals surface area contributed by atoms with Gasteiger partial charge in [-0.2, -0.15) is 0 Å². The van der Waals surface area contributed by atoms with Crippen LogP contribution in [0.1, 0.15) is 16.8 Å². The van der Waals surface area contributed by atoms with Crippen molar-refractivity contribution in [3.63, 3.8) is 0 Å². The van der Waals surface area contributed by atoms with E-state index in [2.05, 4.69) is 69.1 Å². The summed E-state index contributed by atoms with van der Waals surface area (Å²) in [5.74, 6) is 0. The quantitative estimate of drug-likeness (QED) is 0.753. The normalized spacial score (nSPS) is 10.9. The van der Waals surface area contributed by atoms with Gasteiger partial charge in [-0.25, -0.2) is 0 Å². The fraction of sp³-hybridized carbons (Fsp3) is 0.312. The lowest BCUT2D eigenvalue weighted by atomic mass is 10.2. The Morgan fingerprint density at radius 1 is 1.05 bits per heavy atom. The van der Waals surface area contributed by atoms with Crippen molar-refractivity contribution in [2.24, 2.45) is 0 Å². The molecule has 0 N–H and O–H groups in total. The zero-order valence-corrected chi connectivity index (χ0v) is 12.8. The molecule has 2 aromatic rings. The van der Waals surface area contributed by atoms with E-state index in [1.165, 1.54) is 16.8 Å². The zero-order valence-electron chi connectivity index (χ0n) is 11.2. The highest BCUT2D eigenvalue weighted by molar-refractivity contribution is 9.09. The van der Waals surface area contributed by atoms with E-state index in [0.29, 0.717) is 0 Å². The number of hydrogen-bond acceptors (Lipinski definition) is 2. The van der Waals surface area contributed by atoms with Crippen LogP contribution in [-0.2, 0) is 13.1 Å². The van der Waals surface area contributed by atoms with Crippen LogP contribution < -0.4 is 0 Å². The molecule has 0 unspecified atom stereocenters. The van der Waals surface area contributed by atoms with Gasteiger partial charge < -0.3 is 0 Å². The molecule has 100 valence electrons. The fourth-order valence-corrected chi connectivity index (χ4v) is 2.57. The average molecular weight is 319 g/mol. The molecule has 0 aliphatic rings. The maximum absolute atomic E-state index is 4.48. The SMILES string of the molecule is Cc1cccnc1CN(CCBr)Cc1ccccc1. The van der Waals surface area contributed by atoms with Crippen molar-refractivity contribution in [2.45, 2.75) is 20.0 Å². The highest BCUT2D eigenvalue weighted by atomic mass is 79.9. The van der Waals surface area contributed by atoms with Crippen LogP contribution in [0.3, 0.4) is 0 Å². The van der Waals surface area contributed by atoms with Crippen molar-refractivity contribution in [3.8, 4) is 0 Å². The van der Waals surface area contributed by atoms with E-state index in [-0.39, 0.29) is 0 Å². The molecule has 2 nitrogen and oxygen atoms in total. The number of pyridine rings is 1. The second-order valence-corrected chi connectivity index (χ2v) is 5.45. The largest absolute Gasteiger partial charge is 0.292 e. The predicted molar refractivity (Wildman–Crippen MR) is 83.3 cm³/mol. The maximum atomic E-state index is 4.48. The first-order valence-corrected chi connectivity index (χ1v) is 7.64. The number of rotatable bonds is 6. The van der Waals surface area contributed by atoms with Gasteiger partial charge in [-0.3, -0.25) is 9.88 Å². The Kier molecular flexibility index (Phi) is 5.55. The van der Waals surface area contributed by atoms with Gasteiger partial charge in [0.15, 0.2) is 0 Å². The van der Waals surface area contributed by atoms with Crippen LogP contribution in [0.25, 0.3) is 0 Å². The molecule has 1 aromatic heterocycles. The number of alkyl halides is 1. The third kappa shape index (κ3) is 4.44. The molecule has 0 fully saturated rings. The molecule has 0 saturated heterocycles. The zero-order chi connectivity index (χ0) is 13.5. The number of nitrogens with zero attached hydrogens (tertiary/aromatic N) is 2. The summed E-state index contributed by atoms with van der Waals surface area (Å²) in [6, 6.07) is 14.7. The summed E-state index contributed by atoms with van der Waals surface area (Å²) in [7, 11) is 0. The van der Waals surface area contributed by atoms with E-state index in [1.54, 1.807) is 0 Å². The molecule has 0 amide bonds. The van der Waals surface area contributed by atoms with Gasteiger partial charge in [0.2, 0.25) is 0 Å². The van der Waals surface area contributed by atoms with E-state index >= 15 is 0 Å². The number of halogens is 1. The lowest BCUT2D eigenvalue weighted by Crippen LogP contribution is -2.25. The third-order valence-corrected chi connectivity index (χ3v) is 3.50. The second kappa shape index (κ2) is 7.41. The average Bonchev–Trinajstić information content (AvgIpc) is 2.43. The van der Waals surface area contributed by atoms with E-state index in [0.717, 1.165) is 25.0 Å². The minimum atomic E-state index is 0.896. The summed E-state index contributed by atoms with van der Waals surface area (Å²) in [5, 5.41) is 0.978. The Hall–Kier alpha value is -1.19. The van der Waals surface area contributed by atoms with Crippen molar-refractivity contribution in [1.29, 1.82) is 0 Å². The standard InChI is InChI=1S/C16H19BrN2/c1-14-6-5-10-18-16(14)13-19(11-9-17)12-15-7-3-2-4-8-15/h2-8,10H,9,11-13H2,1H3. The highest BCUT2D eigenvalue weighted by Gasteiger charge is 2.08. The summed E-state index contributed by atoms with van der Waals surface area (Å²) in [4.78, 5) is 6.90. The smallest absolute Gasteiger partial charge is 0.0573 e. The van der Waals surface area contributed by atoms with Gasteiger partial charge in [0, 0.05) is 31.2 Å². The molecule has 0 atom stereocenters. The highest BCUT2D eigenvalue weighted by Crippen LogP contribution is 2.11. The summed E-state index contributed by atoms with van der Waals surface area (Å²) in [6.07, 6.45) is 1.87. The molecular formula is C16H19BrN2. The molecule has 0 spiro atoms. The second-order valence-electron chi connectivity index (χ2n) is 4.65. The van der Waals surface area contributed by atoms with Crippen molar-refractivity contribution in [3.05, 3.63) is 65.5 Å². The first-order valence-electron chi connectivity index (χ1n) is 6.52. The lowest BCUT2D eigenvalue weighted by Gasteiger charge is -2.21. The number of benzene rings is 1. The molecule has 0 aliphatic heterocycles. The monoisotopic (exact) mass is 318 g/mol. The first-order chi connectivity index (χ1) is 9.29. The Labute approximate surface area is 123 Å². The summed E-state index contributed by atoms with van der Waals surface area (Å²) < 4.78 is 0. The number of aryl methyl sites for hydroxylation is 1. The van der Waals surface area contributed by atoms with Gasteiger partial charge in [-0.05, 0) is 24.1 Å².